The summed E-state index contributed by atoms with van der Waals surface area (Å²) in [6.07, 6.45) is 5.49. The first-order valence-electron chi connectivity index (χ1n) is 9.85. The van der Waals surface area contributed by atoms with Crippen LogP contribution in [0.4, 0.5) is 10.1 Å². The van der Waals surface area contributed by atoms with Crippen molar-refractivity contribution in [3.63, 3.8) is 0 Å². The Hall–Kier alpha value is -2.82. The molecule has 1 unspecified atom stereocenters. The van der Waals surface area contributed by atoms with Crippen LogP contribution in [0.15, 0.2) is 48.5 Å². The Bertz CT molecular complexity index is 892. The van der Waals surface area contributed by atoms with Crippen LogP contribution >= 0.6 is 0 Å². The third-order valence-electron chi connectivity index (χ3n) is 5.30. The monoisotopic (exact) mass is 380 g/mol. The van der Waals surface area contributed by atoms with Crippen molar-refractivity contribution < 1.29 is 13.9 Å². The molecule has 0 radical (unpaired) electrons. The number of fused-ring (bicyclic) bond motifs is 1. The SMILES string of the molecule is CC(NC(=O)C=Cc1ccccc1F)c1ccc2c(c1)N(CC1CC1)CCO2. The molecule has 2 aliphatic rings. The Labute approximate surface area is 165 Å². The minimum Gasteiger partial charge on any atom is -0.490 e. The Morgan fingerprint density at radius 1 is 1.32 bits per heavy atom. The zero-order valence-electron chi connectivity index (χ0n) is 16.0. The van der Waals surface area contributed by atoms with Crippen molar-refractivity contribution in [2.24, 2.45) is 5.92 Å². The number of carbonyl (C=O) groups is 1. The van der Waals surface area contributed by atoms with Gasteiger partial charge >= 0.3 is 0 Å². The van der Waals surface area contributed by atoms with E-state index in [1.807, 2.05) is 19.1 Å². The first-order chi connectivity index (χ1) is 13.6. The van der Waals surface area contributed by atoms with E-state index in [-0.39, 0.29) is 17.8 Å². The molecular formula is C23H25FN2O2. The van der Waals surface area contributed by atoms with Gasteiger partial charge in [0.1, 0.15) is 18.2 Å². The molecule has 5 heteroatoms. The molecule has 2 aromatic rings. The number of nitrogens with one attached hydrogen (secondary N) is 1. The van der Waals surface area contributed by atoms with Crippen molar-refractivity contribution >= 4 is 17.7 Å². The summed E-state index contributed by atoms with van der Waals surface area (Å²) >= 11 is 0. The average Bonchev–Trinajstić information content (AvgIpc) is 3.51. The zero-order chi connectivity index (χ0) is 19.5. The molecule has 146 valence electrons. The van der Waals surface area contributed by atoms with E-state index in [1.165, 1.54) is 31.1 Å². The van der Waals surface area contributed by atoms with Crippen molar-refractivity contribution in [1.29, 1.82) is 0 Å². The molecule has 0 spiro atoms. The summed E-state index contributed by atoms with van der Waals surface area (Å²) in [6.45, 7) is 4.64. The number of ether oxygens (including phenoxy) is 1. The number of anilines is 1. The number of hydrogen-bond acceptors (Lipinski definition) is 3. The molecule has 0 aromatic heterocycles. The lowest BCUT2D eigenvalue weighted by Gasteiger charge is -2.32. The number of benzene rings is 2. The van der Waals surface area contributed by atoms with Crippen LogP contribution in [0.25, 0.3) is 6.08 Å². The third-order valence-corrected chi connectivity index (χ3v) is 5.30. The molecule has 0 bridgehead atoms. The summed E-state index contributed by atoms with van der Waals surface area (Å²) in [5.74, 6) is 1.12. The number of nitrogens with zero attached hydrogens (tertiary/aromatic N) is 1. The topological polar surface area (TPSA) is 41.6 Å². The van der Waals surface area contributed by atoms with Crippen LogP contribution in [0.3, 0.4) is 0 Å². The zero-order valence-corrected chi connectivity index (χ0v) is 16.0. The maximum absolute atomic E-state index is 13.7. The lowest BCUT2D eigenvalue weighted by molar-refractivity contribution is -0.117. The van der Waals surface area contributed by atoms with Crippen LogP contribution in [0, 0.1) is 11.7 Å². The van der Waals surface area contributed by atoms with Crippen molar-refractivity contribution in [2.75, 3.05) is 24.6 Å². The third kappa shape index (κ3) is 4.35. The van der Waals surface area contributed by atoms with Gasteiger partial charge in [0.25, 0.3) is 0 Å². The molecule has 1 atom stereocenters. The number of hydrogen-bond donors (Lipinski definition) is 1. The quantitative estimate of drug-likeness (QED) is 0.759. The molecule has 0 saturated heterocycles. The van der Waals surface area contributed by atoms with E-state index in [9.17, 15) is 9.18 Å². The van der Waals surface area contributed by atoms with Crippen molar-refractivity contribution in [2.45, 2.75) is 25.8 Å². The van der Waals surface area contributed by atoms with Gasteiger partial charge in [0.15, 0.2) is 0 Å². The second kappa shape index (κ2) is 8.05. The second-order valence-electron chi connectivity index (χ2n) is 7.55. The highest BCUT2D eigenvalue weighted by atomic mass is 19.1. The van der Waals surface area contributed by atoms with Gasteiger partial charge in [0.05, 0.1) is 18.3 Å². The van der Waals surface area contributed by atoms with E-state index < -0.39 is 0 Å². The molecule has 1 fully saturated rings. The van der Waals surface area contributed by atoms with Crippen LogP contribution in [-0.4, -0.2) is 25.6 Å². The molecular weight excluding hydrogens is 355 g/mol. The van der Waals surface area contributed by atoms with Gasteiger partial charge in [-0.05, 0) is 55.5 Å². The molecule has 28 heavy (non-hydrogen) atoms. The van der Waals surface area contributed by atoms with E-state index in [0.29, 0.717) is 12.2 Å². The normalized spacial score (nSPS) is 17.1. The first-order valence-corrected chi connectivity index (χ1v) is 9.85. The van der Waals surface area contributed by atoms with Gasteiger partial charge in [-0.3, -0.25) is 4.79 Å². The minimum absolute atomic E-state index is 0.159. The van der Waals surface area contributed by atoms with Gasteiger partial charge < -0.3 is 15.0 Å². The Balaban J connectivity index is 1.43. The molecule has 1 N–H and O–H groups in total. The fraction of sp³-hybridized carbons (Fsp3) is 0.348. The maximum atomic E-state index is 13.7. The molecule has 1 heterocycles. The van der Waals surface area contributed by atoms with Gasteiger partial charge in [-0.15, -0.1) is 0 Å². The standard InChI is InChI=1S/C23H25FN2O2/c1-16(25-23(27)11-9-18-4-2-3-5-20(18)24)19-8-10-22-21(14-19)26(12-13-28-22)15-17-6-7-17/h2-5,8-11,14,16-17H,6-7,12-13,15H2,1H3,(H,25,27). The largest absolute Gasteiger partial charge is 0.490 e. The van der Waals surface area contributed by atoms with E-state index in [1.54, 1.807) is 18.2 Å². The van der Waals surface area contributed by atoms with Crippen LogP contribution in [0.1, 0.15) is 36.9 Å². The molecule has 1 amide bonds. The van der Waals surface area contributed by atoms with Gasteiger partial charge in [-0.1, -0.05) is 24.3 Å². The second-order valence-corrected chi connectivity index (χ2v) is 7.55. The van der Waals surface area contributed by atoms with Gasteiger partial charge in [0, 0.05) is 18.2 Å². The molecule has 1 saturated carbocycles. The van der Waals surface area contributed by atoms with Crippen LogP contribution in [0.5, 0.6) is 5.75 Å². The predicted octanol–water partition coefficient (Wildman–Crippen LogP) is 4.33. The van der Waals surface area contributed by atoms with Crippen LogP contribution in [-0.2, 0) is 4.79 Å². The number of amides is 1. The van der Waals surface area contributed by atoms with Crippen LogP contribution in [0.2, 0.25) is 0 Å². The molecule has 4 rings (SSSR count). The summed E-state index contributed by atoms with van der Waals surface area (Å²) < 4.78 is 19.5. The Morgan fingerprint density at radius 3 is 2.93 bits per heavy atom. The first kappa shape index (κ1) is 18.5. The summed E-state index contributed by atoms with van der Waals surface area (Å²) in [5.41, 5.74) is 2.53. The summed E-state index contributed by atoms with van der Waals surface area (Å²) in [5, 5.41) is 2.95. The average molecular weight is 380 g/mol. The summed E-state index contributed by atoms with van der Waals surface area (Å²) in [7, 11) is 0. The molecule has 1 aliphatic carbocycles. The van der Waals surface area contributed by atoms with E-state index >= 15 is 0 Å². The van der Waals surface area contributed by atoms with E-state index in [2.05, 4.69) is 16.3 Å². The Morgan fingerprint density at radius 2 is 2.14 bits per heavy atom. The highest BCUT2D eigenvalue weighted by Crippen LogP contribution is 2.38. The highest BCUT2D eigenvalue weighted by Gasteiger charge is 2.27. The predicted molar refractivity (Wildman–Crippen MR) is 109 cm³/mol. The fourth-order valence-corrected chi connectivity index (χ4v) is 3.48. The van der Waals surface area contributed by atoms with Crippen molar-refractivity contribution in [1.82, 2.24) is 5.32 Å². The fourth-order valence-electron chi connectivity index (χ4n) is 3.48. The number of halogens is 1. The maximum Gasteiger partial charge on any atom is 0.244 e. The summed E-state index contributed by atoms with van der Waals surface area (Å²) in [6, 6.07) is 12.3. The minimum atomic E-state index is -0.343. The van der Waals surface area contributed by atoms with E-state index in [0.717, 1.165) is 36.0 Å². The molecule has 2 aromatic carbocycles. The van der Waals surface area contributed by atoms with Crippen molar-refractivity contribution in [3.8, 4) is 5.75 Å². The van der Waals surface area contributed by atoms with Gasteiger partial charge in [-0.2, -0.15) is 0 Å². The number of rotatable bonds is 6. The van der Waals surface area contributed by atoms with Gasteiger partial charge in [0.2, 0.25) is 5.91 Å². The highest BCUT2D eigenvalue weighted by molar-refractivity contribution is 5.92. The Kier molecular flexibility index (Phi) is 5.33. The smallest absolute Gasteiger partial charge is 0.244 e. The summed E-state index contributed by atoms with van der Waals surface area (Å²) in [4.78, 5) is 14.7. The lowest BCUT2D eigenvalue weighted by Crippen LogP contribution is -2.34. The molecule has 1 aliphatic heterocycles. The molecule has 4 nitrogen and oxygen atoms in total. The lowest BCUT2D eigenvalue weighted by atomic mass is 10.1. The van der Waals surface area contributed by atoms with E-state index in [4.69, 9.17) is 4.74 Å². The van der Waals surface area contributed by atoms with Crippen molar-refractivity contribution in [3.05, 3.63) is 65.5 Å². The number of carbonyl (C=O) groups excluding carboxylic acids is 1. The van der Waals surface area contributed by atoms with Crippen LogP contribution < -0.4 is 15.0 Å². The van der Waals surface area contributed by atoms with Gasteiger partial charge in [-0.25, -0.2) is 4.39 Å².